The minimum atomic E-state index is -0.679. The molecule has 3 atom stereocenters. The Kier molecular flexibility index (Phi) is 5.27. The van der Waals surface area contributed by atoms with Crippen LogP contribution in [-0.2, 0) is 9.59 Å². The molecule has 6 nitrogen and oxygen atoms in total. The number of carbonyl (C=O) groups excluding carboxylic acids is 2. The predicted octanol–water partition coefficient (Wildman–Crippen LogP) is 2.50. The molecule has 2 heterocycles. The van der Waals surface area contributed by atoms with Crippen molar-refractivity contribution in [2.75, 3.05) is 18.4 Å². The molecule has 7 heteroatoms. The topological polar surface area (TPSA) is 73.8 Å². The van der Waals surface area contributed by atoms with E-state index >= 15 is 0 Å². The second-order valence-electron chi connectivity index (χ2n) is 7.07. The van der Waals surface area contributed by atoms with Crippen LogP contribution in [0.25, 0.3) is 0 Å². The Hall–Kier alpha value is -2.08. The number of hydrogen-bond acceptors (Lipinski definition) is 4. The minimum absolute atomic E-state index is 0.0147. The number of halogens is 1. The summed E-state index contributed by atoms with van der Waals surface area (Å²) in [6, 6.07) is 6.23. The molecule has 3 rings (SSSR count). The minimum Gasteiger partial charge on any atom is -0.342 e. The summed E-state index contributed by atoms with van der Waals surface area (Å²) < 4.78 is 0. The van der Waals surface area contributed by atoms with Crippen LogP contribution in [0.1, 0.15) is 26.7 Å². The van der Waals surface area contributed by atoms with E-state index in [0.29, 0.717) is 28.5 Å². The van der Waals surface area contributed by atoms with E-state index in [1.165, 1.54) is 6.42 Å². The van der Waals surface area contributed by atoms with E-state index in [0.717, 1.165) is 13.1 Å². The van der Waals surface area contributed by atoms with Crippen molar-refractivity contribution in [3.05, 3.63) is 29.3 Å². The summed E-state index contributed by atoms with van der Waals surface area (Å²) in [5.74, 6) is 1.25. The van der Waals surface area contributed by atoms with Crippen LogP contribution in [-0.4, -0.2) is 41.8 Å². The van der Waals surface area contributed by atoms with Gasteiger partial charge in [0.1, 0.15) is 6.04 Å². The molecule has 2 aliphatic rings. The van der Waals surface area contributed by atoms with E-state index in [1.807, 2.05) is 0 Å². The molecule has 0 aromatic heterocycles. The maximum absolute atomic E-state index is 12.2. The average molecular weight is 363 g/mol. The van der Waals surface area contributed by atoms with Gasteiger partial charge in [0.25, 0.3) is 5.91 Å². The highest BCUT2D eigenvalue weighted by Crippen LogP contribution is 2.22. The van der Waals surface area contributed by atoms with Gasteiger partial charge in [-0.1, -0.05) is 31.5 Å². The predicted molar refractivity (Wildman–Crippen MR) is 98.6 cm³/mol. The lowest BCUT2D eigenvalue weighted by molar-refractivity contribution is -0.124. The summed E-state index contributed by atoms with van der Waals surface area (Å²) in [5, 5.41) is 6.13. The molecular weight excluding hydrogens is 340 g/mol. The van der Waals surface area contributed by atoms with Crippen LogP contribution in [0.4, 0.5) is 5.69 Å². The molecule has 1 aromatic carbocycles. The zero-order chi connectivity index (χ0) is 18.0. The van der Waals surface area contributed by atoms with Gasteiger partial charge >= 0.3 is 0 Å². The molecule has 2 amide bonds. The first-order valence-electron chi connectivity index (χ1n) is 8.59. The highest BCUT2D eigenvalue weighted by molar-refractivity contribution is 6.30. The maximum atomic E-state index is 12.2. The highest BCUT2D eigenvalue weighted by Gasteiger charge is 2.33. The van der Waals surface area contributed by atoms with E-state index in [2.05, 4.69) is 34.4 Å². The summed E-state index contributed by atoms with van der Waals surface area (Å²) in [7, 11) is 0. The van der Waals surface area contributed by atoms with Gasteiger partial charge in [0.2, 0.25) is 11.9 Å². The van der Waals surface area contributed by atoms with Crippen LogP contribution in [0, 0.1) is 11.8 Å². The van der Waals surface area contributed by atoms with Crippen LogP contribution in [0.5, 0.6) is 0 Å². The lowest BCUT2D eigenvalue weighted by Gasteiger charge is -2.35. The number of benzene rings is 1. The molecule has 1 aromatic rings. The van der Waals surface area contributed by atoms with Crippen molar-refractivity contribution in [3.8, 4) is 0 Å². The fourth-order valence-corrected chi connectivity index (χ4v) is 3.71. The largest absolute Gasteiger partial charge is 0.342 e. The number of aliphatic imine (C=N–C) groups is 1. The maximum Gasteiger partial charge on any atom is 0.252 e. The third-order valence-corrected chi connectivity index (χ3v) is 4.71. The standard InChI is InChI=1S/C18H23ClN4O2/c1-11-6-12(2)10-23(9-11)18-21-15(17(25)22-18)8-16(24)20-14-5-3-4-13(19)7-14/h3-5,7,11-12,15H,6,8-10H2,1-2H3,(H,20,24)(H,21,22,25)/t11-,12-,15-/m1/s1. The van der Waals surface area contributed by atoms with Gasteiger partial charge in [-0.3, -0.25) is 14.9 Å². The molecule has 0 unspecified atom stereocenters. The number of nitrogens with zero attached hydrogens (tertiary/aromatic N) is 2. The van der Waals surface area contributed by atoms with E-state index in [9.17, 15) is 9.59 Å². The first kappa shape index (κ1) is 17.7. The first-order chi connectivity index (χ1) is 11.9. The Morgan fingerprint density at radius 2 is 2.08 bits per heavy atom. The van der Waals surface area contributed by atoms with Gasteiger partial charge in [0.05, 0.1) is 6.42 Å². The fraction of sp³-hybridized carbons (Fsp3) is 0.500. The summed E-state index contributed by atoms with van der Waals surface area (Å²) in [4.78, 5) is 30.9. The Morgan fingerprint density at radius 1 is 1.36 bits per heavy atom. The van der Waals surface area contributed by atoms with E-state index in [-0.39, 0.29) is 18.2 Å². The first-order valence-corrected chi connectivity index (χ1v) is 8.97. The highest BCUT2D eigenvalue weighted by atomic mass is 35.5. The van der Waals surface area contributed by atoms with E-state index < -0.39 is 6.04 Å². The van der Waals surface area contributed by atoms with Crippen LogP contribution in [0.3, 0.4) is 0 Å². The molecule has 0 aliphatic carbocycles. The summed E-state index contributed by atoms with van der Waals surface area (Å²) >= 11 is 5.91. The Balaban J connectivity index is 1.61. The number of carbonyl (C=O) groups is 2. The Morgan fingerprint density at radius 3 is 2.76 bits per heavy atom. The second kappa shape index (κ2) is 7.44. The van der Waals surface area contributed by atoms with E-state index in [4.69, 9.17) is 11.6 Å². The van der Waals surface area contributed by atoms with Crippen molar-refractivity contribution in [3.63, 3.8) is 0 Å². The third kappa shape index (κ3) is 4.51. The number of guanidine groups is 1. The number of nitrogens with one attached hydrogen (secondary N) is 2. The van der Waals surface area contributed by atoms with Gasteiger partial charge < -0.3 is 10.2 Å². The summed E-state index contributed by atoms with van der Waals surface area (Å²) in [5.41, 5.74) is 0.610. The van der Waals surface area contributed by atoms with Gasteiger partial charge in [-0.25, -0.2) is 4.99 Å². The van der Waals surface area contributed by atoms with Crippen LogP contribution in [0.2, 0.25) is 5.02 Å². The van der Waals surface area contributed by atoms with Crippen LogP contribution >= 0.6 is 11.6 Å². The molecule has 0 radical (unpaired) electrons. The quantitative estimate of drug-likeness (QED) is 0.867. The zero-order valence-electron chi connectivity index (χ0n) is 14.5. The number of anilines is 1. The molecule has 2 aliphatic heterocycles. The number of piperidine rings is 1. The molecule has 1 saturated heterocycles. The average Bonchev–Trinajstić information content (AvgIpc) is 2.87. The number of likely N-dealkylation sites (tertiary alicyclic amines) is 1. The molecule has 1 fully saturated rings. The summed E-state index contributed by atoms with van der Waals surface area (Å²) in [6.45, 7) is 6.17. The molecule has 0 bridgehead atoms. The molecule has 0 spiro atoms. The van der Waals surface area contributed by atoms with Crippen molar-refractivity contribution >= 4 is 35.1 Å². The van der Waals surface area contributed by atoms with Crippen LogP contribution < -0.4 is 10.6 Å². The summed E-state index contributed by atoms with van der Waals surface area (Å²) in [6.07, 6.45) is 1.20. The van der Waals surface area contributed by atoms with Crippen molar-refractivity contribution in [2.45, 2.75) is 32.7 Å². The molecular formula is C18H23ClN4O2. The monoisotopic (exact) mass is 362 g/mol. The van der Waals surface area contributed by atoms with E-state index in [1.54, 1.807) is 24.3 Å². The molecule has 0 saturated carbocycles. The lowest BCUT2D eigenvalue weighted by atomic mass is 9.92. The van der Waals surface area contributed by atoms with Gasteiger partial charge in [-0.2, -0.15) is 0 Å². The van der Waals surface area contributed by atoms with Crippen molar-refractivity contribution in [1.29, 1.82) is 0 Å². The second-order valence-corrected chi connectivity index (χ2v) is 7.51. The molecule has 2 N–H and O–H groups in total. The third-order valence-electron chi connectivity index (χ3n) is 4.47. The van der Waals surface area contributed by atoms with Gasteiger partial charge in [0, 0.05) is 23.8 Å². The number of hydrogen-bond donors (Lipinski definition) is 2. The Bertz CT molecular complexity index is 696. The van der Waals surface area contributed by atoms with Gasteiger partial charge in [0.15, 0.2) is 0 Å². The molecule has 134 valence electrons. The smallest absolute Gasteiger partial charge is 0.252 e. The molecule has 25 heavy (non-hydrogen) atoms. The number of amides is 2. The zero-order valence-corrected chi connectivity index (χ0v) is 15.2. The van der Waals surface area contributed by atoms with Crippen molar-refractivity contribution in [1.82, 2.24) is 10.2 Å². The lowest BCUT2D eigenvalue weighted by Crippen LogP contribution is -2.47. The van der Waals surface area contributed by atoms with Crippen LogP contribution in [0.15, 0.2) is 29.3 Å². The fourth-order valence-electron chi connectivity index (χ4n) is 3.52. The van der Waals surface area contributed by atoms with Gasteiger partial charge in [-0.15, -0.1) is 0 Å². The number of rotatable bonds is 3. The van der Waals surface area contributed by atoms with Gasteiger partial charge in [-0.05, 0) is 36.5 Å². The SMILES string of the molecule is C[C@@H]1C[C@@H](C)CN(C2=N[C@H](CC(=O)Nc3cccc(Cl)c3)C(=O)N2)C1. The Labute approximate surface area is 152 Å². The normalized spacial score (nSPS) is 26.2. The van der Waals surface area contributed by atoms with Crippen molar-refractivity contribution < 1.29 is 9.59 Å². The van der Waals surface area contributed by atoms with Crippen molar-refractivity contribution in [2.24, 2.45) is 16.8 Å².